The molecule has 0 saturated carbocycles. The molecule has 0 saturated heterocycles. The highest BCUT2D eigenvalue weighted by atomic mass is 16.7. The van der Waals surface area contributed by atoms with Crippen molar-refractivity contribution in [2.24, 2.45) is 5.11 Å². The number of azide groups is 1. The van der Waals surface area contributed by atoms with Crippen molar-refractivity contribution < 1.29 is 23.9 Å². The van der Waals surface area contributed by atoms with Crippen LogP contribution in [0.25, 0.3) is 10.4 Å². The Morgan fingerprint density at radius 1 is 1.38 bits per heavy atom. The normalized spacial score (nSPS) is 21.8. The van der Waals surface area contributed by atoms with Crippen LogP contribution in [0.3, 0.4) is 0 Å². The highest BCUT2D eigenvalue weighted by molar-refractivity contribution is 5.93. The third-order valence-corrected chi connectivity index (χ3v) is 4.54. The molecule has 1 aliphatic carbocycles. The zero-order valence-electron chi connectivity index (χ0n) is 18.3. The van der Waals surface area contributed by atoms with E-state index in [-0.39, 0.29) is 18.4 Å². The van der Waals surface area contributed by atoms with Crippen molar-refractivity contribution in [2.45, 2.75) is 83.8 Å². The Balaban J connectivity index is 3.26. The van der Waals surface area contributed by atoms with E-state index in [2.05, 4.69) is 15.3 Å². The maximum Gasteiger partial charge on any atom is 0.407 e. The maximum absolute atomic E-state index is 12.6. The summed E-state index contributed by atoms with van der Waals surface area (Å²) in [6.07, 6.45) is 1.93. The average molecular weight is 412 g/mol. The fourth-order valence-electron chi connectivity index (χ4n) is 3.01. The molecular formula is C19H33N5O5. The van der Waals surface area contributed by atoms with E-state index in [9.17, 15) is 9.59 Å². The molecule has 29 heavy (non-hydrogen) atoms. The van der Waals surface area contributed by atoms with Crippen LogP contribution in [0.5, 0.6) is 0 Å². The van der Waals surface area contributed by atoms with E-state index in [1.165, 1.54) is 14.2 Å². The number of ether oxygens (including phenoxy) is 2. The molecule has 10 heteroatoms. The van der Waals surface area contributed by atoms with Gasteiger partial charge in [-0.25, -0.2) is 9.86 Å². The number of hydrogen-bond donors (Lipinski definition) is 1. The van der Waals surface area contributed by atoms with Crippen LogP contribution in [0.2, 0.25) is 0 Å². The van der Waals surface area contributed by atoms with Gasteiger partial charge < -0.3 is 14.8 Å². The number of hydroxylamine groups is 2. The number of alkyl carbamates (subject to hydrolysis) is 1. The van der Waals surface area contributed by atoms with Gasteiger partial charge in [-0.1, -0.05) is 19.0 Å². The average Bonchev–Trinajstić information content (AvgIpc) is 2.65. The summed E-state index contributed by atoms with van der Waals surface area (Å²) >= 11 is 0. The van der Waals surface area contributed by atoms with Crippen molar-refractivity contribution in [3.8, 4) is 0 Å². The molecule has 10 nitrogen and oxygen atoms in total. The number of amides is 2. The Hall–Kier alpha value is -2.29. The monoisotopic (exact) mass is 411 g/mol. The Labute approximate surface area is 172 Å². The Morgan fingerprint density at radius 2 is 2.00 bits per heavy atom. The van der Waals surface area contributed by atoms with E-state index in [1.54, 1.807) is 26.8 Å². The summed E-state index contributed by atoms with van der Waals surface area (Å²) in [5, 5.41) is 7.68. The smallest absolute Gasteiger partial charge is 0.407 e. The summed E-state index contributed by atoms with van der Waals surface area (Å²) in [4.78, 5) is 32.8. The lowest BCUT2D eigenvalue weighted by atomic mass is 9.87. The van der Waals surface area contributed by atoms with E-state index in [4.69, 9.17) is 19.8 Å². The van der Waals surface area contributed by atoms with E-state index >= 15 is 0 Å². The van der Waals surface area contributed by atoms with Gasteiger partial charge in [-0.2, -0.15) is 0 Å². The maximum atomic E-state index is 12.6. The first kappa shape index (κ1) is 24.7. The van der Waals surface area contributed by atoms with Gasteiger partial charge in [-0.05, 0) is 51.6 Å². The van der Waals surface area contributed by atoms with Crippen LogP contribution in [0.15, 0.2) is 16.8 Å². The first-order chi connectivity index (χ1) is 13.6. The van der Waals surface area contributed by atoms with Crippen molar-refractivity contribution in [3.63, 3.8) is 0 Å². The van der Waals surface area contributed by atoms with Crippen molar-refractivity contribution in [3.05, 3.63) is 22.1 Å². The van der Waals surface area contributed by atoms with E-state index in [0.717, 1.165) is 17.9 Å². The van der Waals surface area contributed by atoms with Crippen LogP contribution in [0.4, 0.5) is 4.79 Å². The summed E-state index contributed by atoms with van der Waals surface area (Å²) in [7, 11) is 2.88. The Bertz CT molecular complexity index is 650. The van der Waals surface area contributed by atoms with Crippen LogP contribution < -0.4 is 5.32 Å². The van der Waals surface area contributed by atoms with Gasteiger partial charge in [0, 0.05) is 17.5 Å². The third-order valence-electron chi connectivity index (χ3n) is 4.54. The summed E-state index contributed by atoms with van der Waals surface area (Å²) in [6, 6.07) is -1.40. The number of nitrogens with one attached hydrogen (secondary N) is 1. The number of carbonyl (C=O) groups excluding carboxylic acids is 2. The van der Waals surface area contributed by atoms with Crippen LogP contribution in [0, 0.1) is 0 Å². The zero-order valence-corrected chi connectivity index (χ0v) is 18.3. The molecule has 0 spiro atoms. The molecule has 0 aromatic carbocycles. The second-order valence-corrected chi connectivity index (χ2v) is 7.86. The molecule has 0 fully saturated rings. The van der Waals surface area contributed by atoms with Crippen molar-refractivity contribution >= 4 is 12.0 Å². The number of nitrogens with zero attached hydrogens (tertiary/aromatic N) is 4. The van der Waals surface area contributed by atoms with E-state index in [0.29, 0.717) is 5.57 Å². The predicted molar refractivity (Wildman–Crippen MR) is 108 cm³/mol. The lowest BCUT2D eigenvalue weighted by Crippen LogP contribution is -2.54. The molecule has 2 amide bonds. The fourth-order valence-corrected chi connectivity index (χ4v) is 3.01. The molecule has 0 heterocycles. The van der Waals surface area contributed by atoms with Crippen LogP contribution in [0.1, 0.15) is 53.9 Å². The van der Waals surface area contributed by atoms with E-state index in [1.807, 2.05) is 13.8 Å². The quantitative estimate of drug-likeness (QED) is 0.283. The fraction of sp³-hybridized carbons (Fsp3) is 0.789. The summed E-state index contributed by atoms with van der Waals surface area (Å²) < 4.78 is 11.5. The van der Waals surface area contributed by atoms with Gasteiger partial charge in [0.2, 0.25) is 0 Å². The van der Waals surface area contributed by atoms with Crippen molar-refractivity contribution in [1.82, 2.24) is 10.4 Å². The number of rotatable bonds is 8. The number of hydrogen-bond acceptors (Lipinski definition) is 6. The summed E-state index contributed by atoms with van der Waals surface area (Å²) in [5.41, 5.74) is 8.74. The number of carbonyl (C=O) groups is 2. The molecule has 1 rings (SSSR count). The molecule has 0 bridgehead atoms. The standard InChI is InChI=1S/C19H33N5O5/c1-8-13(9-2)28-15-11-12(17(25)24(6)27-7)10-14(22-23-20)16(15)21-18(26)29-19(3,4)5/h11,13-16H,8-10H2,1-7H3,(H,21,26)/t14-,15+,16+/m0/s1. The molecule has 0 radical (unpaired) electrons. The van der Waals surface area contributed by atoms with Crippen LogP contribution in [-0.4, -0.2) is 61.1 Å². The minimum absolute atomic E-state index is 0.0829. The molecule has 0 unspecified atom stereocenters. The first-order valence-corrected chi connectivity index (χ1v) is 9.78. The SMILES string of the molecule is CCC(CC)O[C@@H]1C=C(C(=O)N(C)OC)C[C@H](N=[N+]=[N-])[C@H]1NC(=O)OC(C)(C)C. The molecule has 1 aliphatic rings. The second-order valence-electron chi connectivity index (χ2n) is 7.86. The topological polar surface area (TPSA) is 126 Å². The van der Waals surface area contributed by atoms with Gasteiger partial charge in [0.15, 0.2) is 0 Å². The molecule has 0 aromatic rings. The zero-order chi connectivity index (χ0) is 22.2. The molecule has 1 N–H and O–H groups in total. The lowest BCUT2D eigenvalue weighted by molar-refractivity contribution is -0.164. The number of likely N-dealkylation sites (N-methyl/N-ethyl adjacent to an activating group) is 1. The second kappa shape index (κ2) is 11.0. The molecule has 0 aromatic heterocycles. The van der Waals surface area contributed by atoms with Gasteiger partial charge in [0.25, 0.3) is 5.91 Å². The van der Waals surface area contributed by atoms with Gasteiger partial charge in [-0.3, -0.25) is 9.63 Å². The van der Waals surface area contributed by atoms with Crippen molar-refractivity contribution in [2.75, 3.05) is 14.2 Å². The Kier molecular flexibility index (Phi) is 9.42. The summed E-state index contributed by atoms with van der Waals surface area (Å²) in [5.74, 6) is -0.362. The van der Waals surface area contributed by atoms with Gasteiger partial charge >= 0.3 is 6.09 Å². The van der Waals surface area contributed by atoms with Gasteiger partial charge in [0.1, 0.15) is 5.60 Å². The highest BCUT2D eigenvalue weighted by Gasteiger charge is 2.38. The molecule has 3 atom stereocenters. The summed E-state index contributed by atoms with van der Waals surface area (Å²) in [6.45, 7) is 9.26. The molecular weight excluding hydrogens is 378 g/mol. The largest absolute Gasteiger partial charge is 0.444 e. The first-order valence-electron chi connectivity index (χ1n) is 9.78. The lowest BCUT2D eigenvalue weighted by Gasteiger charge is -2.37. The Morgan fingerprint density at radius 3 is 2.48 bits per heavy atom. The van der Waals surface area contributed by atoms with E-state index < -0.39 is 29.9 Å². The van der Waals surface area contributed by atoms with Crippen molar-refractivity contribution in [1.29, 1.82) is 0 Å². The predicted octanol–water partition coefficient (Wildman–Crippen LogP) is 3.48. The van der Waals surface area contributed by atoms with Crippen LogP contribution >= 0.6 is 0 Å². The van der Waals surface area contributed by atoms with Gasteiger partial charge in [-0.15, -0.1) is 0 Å². The van der Waals surface area contributed by atoms with Gasteiger partial charge in [0.05, 0.1) is 31.4 Å². The third kappa shape index (κ3) is 7.56. The molecule has 0 aliphatic heterocycles. The van der Waals surface area contributed by atoms with Crippen LogP contribution in [-0.2, 0) is 19.1 Å². The molecule has 164 valence electrons. The minimum Gasteiger partial charge on any atom is -0.444 e. The highest BCUT2D eigenvalue weighted by Crippen LogP contribution is 2.27. The minimum atomic E-state index is -0.721.